The Bertz CT molecular complexity index is 1840. The molecule has 6 nitrogen and oxygen atoms in total. The van der Waals surface area contributed by atoms with E-state index in [2.05, 4.69) is 5.10 Å². The first-order valence-electron chi connectivity index (χ1n) is 12.1. The van der Waals surface area contributed by atoms with Crippen molar-refractivity contribution in [2.24, 2.45) is 5.10 Å². The van der Waals surface area contributed by atoms with Crippen LogP contribution in [-0.4, -0.2) is 15.9 Å². The van der Waals surface area contributed by atoms with Gasteiger partial charge >= 0.3 is 0 Å². The van der Waals surface area contributed by atoms with Gasteiger partial charge in [-0.15, -0.1) is 0 Å². The van der Waals surface area contributed by atoms with Crippen molar-refractivity contribution >= 4 is 39.7 Å². The van der Waals surface area contributed by atoms with Gasteiger partial charge in [0.05, 0.1) is 17.1 Å². The number of fused-ring (bicyclic) bond motifs is 2. The molecule has 0 bridgehead atoms. The van der Waals surface area contributed by atoms with Crippen molar-refractivity contribution in [3.05, 3.63) is 129 Å². The summed E-state index contributed by atoms with van der Waals surface area (Å²) in [4.78, 5) is 18.3. The van der Waals surface area contributed by atoms with Crippen molar-refractivity contribution in [1.29, 1.82) is 0 Å². The van der Waals surface area contributed by atoms with Crippen molar-refractivity contribution < 1.29 is 9.15 Å². The highest BCUT2D eigenvalue weighted by Gasteiger charge is 2.16. The monoisotopic (exact) mass is 519 g/mol. The fraction of sp³-hybridized carbons (Fsp3) is 0.0645. The molecule has 38 heavy (non-hydrogen) atoms. The lowest BCUT2D eigenvalue weighted by molar-refractivity contribution is 0.306. The highest BCUT2D eigenvalue weighted by atomic mass is 35.5. The number of hydrogen-bond donors (Lipinski definition) is 0. The van der Waals surface area contributed by atoms with Gasteiger partial charge in [0.25, 0.3) is 5.56 Å². The standard InChI is InChI=1S/C31H22ClN3O3/c1-20-10-12-21(13-11-20)19-37-27-15-14-24(32)16-23(27)18-33-35-30(29-17-22-6-2-5-9-28(22)38-29)34-26-8-4-3-7-25(26)31(35)36/h2-18H,19H2,1H3. The second-order valence-corrected chi connectivity index (χ2v) is 9.36. The number of para-hydroxylation sites is 2. The van der Waals surface area contributed by atoms with Crippen molar-refractivity contribution in [1.82, 2.24) is 9.66 Å². The third-order valence-corrected chi connectivity index (χ3v) is 6.43. The zero-order chi connectivity index (χ0) is 26.1. The Morgan fingerprint density at radius 1 is 0.974 bits per heavy atom. The van der Waals surface area contributed by atoms with Gasteiger partial charge in [-0.05, 0) is 55.0 Å². The van der Waals surface area contributed by atoms with Crippen LogP contribution < -0.4 is 10.3 Å². The molecule has 2 aromatic heterocycles. The second-order valence-electron chi connectivity index (χ2n) is 8.92. The van der Waals surface area contributed by atoms with Crippen LogP contribution in [0.1, 0.15) is 16.7 Å². The Morgan fingerprint density at radius 2 is 1.76 bits per heavy atom. The van der Waals surface area contributed by atoms with Crippen LogP contribution in [0, 0.1) is 6.92 Å². The summed E-state index contributed by atoms with van der Waals surface area (Å²) in [5.41, 5.74) is 3.79. The highest BCUT2D eigenvalue weighted by Crippen LogP contribution is 2.28. The number of nitrogens with zero attached hydrogens (tertiary/aromatic N) is 3. The minimum Gasteiger partial charge on any atom is -0.488 e. The minimum atomic E-state index is -0.313. The SMILES string of the molecule is Cc1ccc(COc2ccc(Cl)cc2C=Nn2c(-c3cc4ccccc4o3)nc3ccccc3c2=O)cc1. The number of halogens is 1. The maximum atomic E-state index is 13.6. The number of ether oxygens (including phenoxy) is 1. The van der Waals surface area contributed by atoms with E-state index in [9.17, 15) is 4.79 Å². The number of furan rings is 1. The number of aromatic nitrogens is 2. The molecule has 0 saturated heterocycles. The van der Waals surface area contributed by atoms with E-state index >= 15 is 0 Å². The molecule has 0 saturated carbocycles. The summed E-state index contributed by atoms with van der Waals surface area (Å²) in [7, 11) is 0. The molecule has 7 heteroatoms. The summed E-state index contributed by atoms with van der Waals surface area (Å²) in [6.07, 6.45) is 1.56. The normalized spacial score (nSPS) is 11.5. The molecule has 0 N–H and O–H groups in total. The van der Waals surface area contributed by atoms with Crippen molar-refractivity contribution in [2.45, 2.75) is 13.5 Å². The maximum absolute atomic E-state index is 13.6. The molecular formula is C31H22ClN3O3. The van der Waals surface area contributed by atoms with Crippen LogP contribution in [0.15, 0.2) is 111 Å². The maximum Gasteiger partial charge on any atom is 0.282 e. The van der Waals surface area contributed by atoms with Crippen LogP contribution in [0.3, 0.4) is 0 Å². The van der Waals surface area contributed by atoms with Gasteiger partial charge in [0.1, 0.15) is 17.9 Å². The summed E-state index contributed by atoms with van der Waals surface area (Å²) < 4.78 is 13.4. The van der Waals surface area contributed by atoms with Crippen molar-refractivity contribution in [3.8, 4) is 17.3 Å². The minimum absolute atomic E-state index is 0.297. The molecule has 2 heterocycles. The Kier molecular flexibility index (Phi) is 6.23. The van der Waals surface area contributed by atoms with Gasteiger partial charge in [-0.2, -0.15) is 9.78 Å². The van der Waals surface area contributed by atoms with E-state index in [4.69, 9.17) is 25.7 Å². The molecule has 0 aliphatic heterocycles. The van der Waals surface area contributed by atoms with Gasteiger partial charge in [-0.1, -0.05) is 71.8 Å². The van der Waals surface area contributed by atoms with Crippen LogP contribution in [0.25, 0.3) is 33.5 Å². The van der Waals surface area contributed by atoms with E-state index in [1.54, 1.807) is 42.6 Å². The van der Waals surface area contributed by atoms with Crippen molar-refractivity contribution in [2.75, 3.05) is 0 Å². The predicted molar refractivity (Wildman–Crippen MR) is 151 cm³/mol. The third-order valence-electron chi connectivity index (χ3n) is 6.20. The molecule has 6 rings (SSSR count). The first-order valence-corrected chi connectivity index (χ1v) is 12.5. The first kappa shape index (κ1) is 23.7. The van der Waals surface area contributed by atoms with E-state index in [1.807, 2.05) is 67.6 Å². The molecule has 6 aromatic rings. The number of benzene rings is 4. The Balaban J connectivity index is 1.43. The largest absolute Gasteiger partial charge is 0.488 e. The van der Waals surface area contributed by atoms with Crippen molar-refractivity contribution in [3.63, 3.8) is 0 Å². The molecule has 4 aromatic carbocycles. The topological polar surface area (TPSA) is 69.6 Å². The molecule has 186 valence electrons. The average molecular weight is 520 g/mol. The Labute approximate surface area is 223 Å². The molecule has 0 amide bonds. The molecule has 0 fully saturated rings. The second kappa shape index (κ2) is 10.00. The van der Waals surface area contributed by atoms with Crippen LogP contribution in [0.4, 0.5) is 0 Å². The third kappa shape index (κ3) is 4.69. The van der Waals surface area contributed by atoms with E-state index < -0.39 is 0 Å². The lowest BCUT2D eigenvalue weighted by Crippen LogP contribution is -2.20. The quantitative estimate of drug-likeness (QED) is 0.218. The Hall–Kier alpha value is -4.68. The molecule has 0 aliphatic carbocycles. The summed E-state index contributed by atoms with van der Waals surface area (Å²) in [5, 5.41) is 6.44. The zero-order valence-corrected chi connectivity index (χ0v) is 21.2. The Morgan fingerprint density at radius 3 is 2.61 bits per heavy atom. The summed E-state index contributed by atoms with van der Waals surface area (Å²) in [6, 6.07) is 30.1. The van der Waals surface area contributed by atoms with Gasteiger partial charge in [-0.3, -0.25) is 4.79 Å². The molecule has 0 aliphatic rings. The van der Waals surface area contributed by atoms with Crippen LogP contribution in [0.5, 0.6) is 5.75 Å². The molecule has 0 unspecified atom stereocenters. The first-order chi connectivity index (χ1) is 18.5. The van der Waals surface area contributed by atoms with Gasteiger partial charge < -0.3 is 9.15 Å². The van der Waals surface area contributed by atoms with Gasteiger partial charge in [0.2, 0.25) is 5.82 Å². The number of hydrogen-bond acceptors (Lipinski definition) is 5. The predicted octanol–water partition coefficient (Wildman–Crippen LogP) is 7.23. The average Bonchev–Trinajstić information content (AvgIpc) is 3.37. The van der Waals surface area contributed by atoms with Gasteiger partial charge in [-0.25, -0.2) is 4.98 Å². The summed E-state index contributed by atoms with van der Waals surface area (Å²) in [6.45, 7) is 2.42. The lowest BCUT2D eigenvalue weighted by atomic mass is 10.1. The smallest absolute Gasteiger partial charge is 0.282 e. The van der Waals surface area contributed by atoms with Gasteiger partial charge in [0, 0.05) is 16.0 Å². The summed E-state index contributed by atoms with van der Waals surface area (Å²) >= 11 is 6.30. The van der Waals surface area contributed by atoms with Gasteiger partial charge in [0.15, 0.2) is 5.76 Å². The van der Waals surface area contributed by atoms with E-state index in [0.717, 1.165) is 10.9 Å². The molecular weight excluding hydrogens is 498 g/mol. The number of aryl methyl sites for hydroxylation is 1. The van der Waals surface area contributed by atoms with Crippen LogP contribution >= 0.6 is 11.6 Å². The number of rotatable bonds is 6. The lowest BCUT2D eigenvalue weighted by Gasteiger charge is -2.11. The van der Waals surface area contributed by atoms with Crippen LogP contribution in [-0.2, 0) is 6.61 Å². The summed E-state index contributed by atoms with van der Waals surface area (Å²) in [5.74, 6) is 1.32. The zero-order valence-electron chi connectivity index (χ0n) is 20.5. The van der Waals surface area contributed by atoms with E-state index in [-0.39, 0.29) is 5.56 Å². The molecule has 0 spiro atoms. The highest BCUT2D eigenvalue weighted by molar-refractivity contribution is 6.30. The fourth-order valence-corrected chi connectivity index (χ4v) is 4.38. The molecule has 0 radical (unpaired) electrons. The van der Waals surface area contributed by atoms with E-state index in [1.165, 1.54) is 10.2 Å². The molecule has 0 atom stereocenters. The van der Waals surface area contributed by atoms with Crippen LogP contribution in [0.2, 0.25) is 5.02 Å². The fourth-order valence-electron chi connectivity index (χ4n) is 4.20. The van der Waals surface area contributed by atoms with E-state index in [0.29, 0.717) is 51.0 Å².